The van der Waals surface area contributed by atoms with E-state index < -0.39 is 7.12 Å². The molecule has 19 heavy (non-hydrogen) atoms. The first-order valence-corrected chi connectivity index (χ1v) is 5.67. The summed E-state index contributed by atoms with van der Waals surface area (Å²) in [5.74, 6) is 1.75. The van der Waals surface area contributed by atoms with Gasteiger partial charge in [-0.15, -0.1) is 0 Å². The lowest BCUT2D eigenvalue weighted by Gasteiger charge is -2.07. The molecule has 2 aromatic rings. The maximum Gasteiger partial charge on any atom is 0.504 e. The van der Waals surface area contributed by atoms with Crippen LogP contribution in [0.15, 0.2) is 48.5 Å². The summed E-state index contributed by atoms with van der Waals surface area (Å²) in [6, 6.07) is 13.2. The van der Waals surface area contributed by atoms with Gasteiger partial charge in [-0.05, 0) is 41.9 Å². The monoisotopic (exact) mass is 258 g/mol. The van der Waals surface area contributed by atoms with Gasteiger partial charge < -0.3 is 24.5 Å². The topological polar surface area (TPSA) is 79.2 Å². The molecule has 2 rings (SSSR count). The van der Waals surface area contributed by atoms with Gasteiger partial charge in [0.1, 0.15) is 17.2 Å². The molecule has 0 unspecified atom stereocenters. The molecule has 0 aliphatic carbocycles. The molecular weight excluding hydrogens is 246 g/mol. The Morgan fingerprint density at radius 2 is 1.26 bits per heavy atom. The maximum atomic E-state index is 8.97. The Morgan fingerprint density at radius 1 is 0.789 bits per heavy atom. The predicted octanol–water partition coefficient (Wildman–Crippen LogP) is -0.204. The minimum absolute atomic E-state index is 0.370. The summed E-state index contributed by atoms with van der Waals surface area (Å²) in [4.78, 5) is 0. The number of hydrogen-bond acceptors (Lipinski definition) is 5. The van der Waals surface area contributed by atoms with Crippen LogP contribution in [0, 0.1) is 0 Å². The van der Waals surface area contributed by atoms with E-state index in [0.717, 1.165) is 0 Å². The zero-order chi connectivity index (χ0) is 13.7. The van der Waals surface area contributed by atoms with E-state index in [1.165, 1.54) is 0 Å². The molecule has 0 aliphatic heterocycles. The zero-order valence-corrected chi connectivity index (χ0v) is 10.1. The molecule has 0 aliphatic rings. The van der Waals surface area contributed by atoms with Crippen LogP contribution in [0.5, 0.6) is 17.2 Å². The SMILES string of the molecule is OBOc1ccc(Oc2ccc(B(O)O)cc2)cc1. The quantitative estimate of drug-likeness (QED) is 0.647. The lowest BCUT2D eigenvalue weighted by molar-refractivity contribution is 0.425. The molecule has 2 aromatic carbocycles. The van der Waals surface area contributed by atoms with Crippen LogP contribution in [0.1, 0.15) is 0 Å². The molecule has 5 nitrogen and oxygen atoms in total. The number of rotatable bonds is 5. The van der Waals surface area contributed by atoms with Gasteiger partial charge in [0.25, 0.3) is 0 Å². The lowest BCUT2D eigenvalue weighted by atomic mass is 9.80. The van der Waals surface area contributed by atoms with Gasteiger partial charge in [0, 0.05) is 0 Å². The van der Waals surface area contributed by atoms with Crippen molar-refractivity contribution >= 4 is 20.3 Å². The average molecular weight is 258 g/mol. The largest absolute Gasteiger partial charge is 0.539 e. The summed E-state index contributed by atoms with van der Waals surface area (Å²) >= 11 is 0. The first-order chi connectivity index (χ1) is 9.19. The summed E-state index contributed by atoms with van der Waals surface area (Å²) < 4.78 is 10.5. The van der Waals surface area contributed by atoms with Crippen molar-refractivity contribution in [3.63, 3.8) is 0 Å². The highest BCUT2D eigenvalue weighted by atomic mass is 16.5. The molecule has 7 heteroatoms. The molecule has 0 amide bonds. The molecule has 0 heterocycles. The van der Waals surface area contributed by atoms with E-state index in [2.05, 4.69) is 0 Å². The second-order valence-corrected chi connectivity index (χ2v) is 3.79. The zero-order valence-electron chi connectivity index (χ0n) is 10.1. The third kappa shape index (κ3) is 3.75. The van der Waals surface area contributed by atoms with E-state index in [9.17, 15) is 0 Å². The fourth-order valence-corrected chi connectivity index (χ4v) is 1.52. The van der Waals surface area contributed by atoms with Gasteiger partial charge in [-0.3, -0.25) is 0 Å². The normalized spacial score (nSPS) is 9.84. The molecule has 0 radical (unpaired) electrons. The van der Waals surface area contributed by atoms with Crippen LogP contribution in [0.3, 0.4) is 0 Å². The maximum absolute atomic E-state index is 8.97. The Hall–Kier alpha value is -1.95. The molecule has 3 N–H and O–H groups in total. The van der Waals surface area contributed by atoms with Gasteiger partial charge in [0.2, 0.25) is 0 Å². The van der Waals surface area contributed by atoms with Gasteiger partial charge in [0.15, 0.2) is 0 Å². The minimum atomic E-state index is -1.48. The Labute approximate surface area is 111 Å². The Balaban J connectivity index is 2.04. The highest BCUT2D eigenvalue weighted by molar-refractivity contribution is 6.58. The van der Waals surface area contributed by atoms with Crippen molar-refractivity contribution in [3.8, 4) is 17.2 Å². The van der Waals surface area contributed by atoms with Crippen molar-refractivity contribution in [2.75, 3.05) is 0 Å². The fraction of sp³-hybridized carbons (Fsp3) is 0. The van der Waals surface area contributed by atoms with Gasteiger partial charge in [-0.1, -0.05) is 12.1 Å². The molecule has 0 fully saturated rings. The summed E-state index contributed by atoms with van der Waals surface area (Å²) in [5, 5.41) is 26.5. The lowest BCUT2D eigenvalue weighted by Crippen LogP contribution is -2.29. The van der Waals surface area contributed by atoms with E-state index >= 15 is 0 Å². The van der Waals surface area contributed by atoms with Crippen LogP contribution in [0.4, 0.5) is 0 Å². The van der Waals surface area contributed by atoms with Crippen LogP contribution >= 0.6 is 0 Å². The summed E-state index contributed by atoms with van der Waals surface area (Å²) in [5.41, 5.74) is 0.402. The molecular formula is C12H12B2O5. The smallest absolute Gasteiger partial charge is 0.504 e. The van der Waals surface area contributed by atoms with E-state index in [4.69, 9.17) is 24.5 Å². The summed E-state index contributed by atoms with van der Waals surface area (Å²) in [6.07, 6.45) is 0. The highest BCUT2D eigenvalue weighted by Gasteiger charge is 2.10. The number of ether oxygens (including phenoxy) is 1. The van der Waals surface area contributed by atoms with Crippen LogP contribution in [0.25, 0.3) is 0 Å². The molecule has 0 aromatic heterocycles. The van der Waals surface area contributed by atoms with E-state index in [0.29, 0.717) is 22.7 Å². The van der Waals surface area contributed by atoms with Gasteiger partial charge >= 0.3 is 14.8 Å². The van der Waals surface area contributed by atoms with Crippen LogP contribution in [0.2, 0.25) is 0 Å². The van der Waals surface area contributed by atoms with Crippen LogP contribution < -0.4 is 14.9 Å². The molecule has 0 bridgehead atoms. The van der Waals surface area contributed by atoms with Gasteiger partial charge in [0.05, 0.1) is 0 Å². The first kappa shape index (κ1) is 13.5. The molecule has 0 saturated carbocycles. The summed E-state index contributed by atoms with van der Waals surface area (Å²) in [7, 11) is -1.85. The Morgan fingerprint density at radius 3 is 1.74 bits per heavy atom. The second-order valence-electron chi connectivity index (χ2n) is 3.79. The predicted molar refractivity (Wildman–Crippen MR) is 72.8 cm³/mol. The van der Waals surface area contributed by atoms with Gasteiger partial charge in [-0.25, -0.2) is 0 Å². The minimum Gasteiger partial charge on any atom is -0.539 e. The van der Waals surface area contributed by atoms with Crippen molar-refractivity contribution in [3.05, 3.63) is 48.5 Å². The third-order valence-electron chi connectivity index (χ3n) is 2.47. The van der Waals surface area contributed by atoms with Crippen LogP contribution in [-0.4, -0.2) is 29.9 Å². The molecule has 0 atom stereocenters. The number of benzene rings is 2. The Kier molecular flexibility index (Phi) is 4.46. The molecule has 96 valence electrons. The van der Waals surface area contributed by atoms with Crippen molar-refractivity contribution < 1.29 is 24.5 Å². The van der Waals surface area contributed by atoms with E-state index in [1.54, 1.807) is 48.5 Å². The van der Waals surface area contributed by atoms with E-state index in [1.807, 2.05) is 0 Å². The molecule has 0 spiro atoms. The number of hydrogen-bond donors (Lipinski definition) is 3. The summed E-state index contributed by atoms with van der Waals surface area (Å²) in [6.45, 7) is 0. The third-order valence-corrected chi connectivity index (χ3v) is 2.47. The van der Waals surface area contributed by atoms with Gasteiger partial charge in [-0.2, -0.15) is 0 Å². The molecule has 0 saturated heterocycles. The van der Waals surface area contributed by atoms with Crippen LogP contribution in [-0.2, 0) is 0 Å². The van der Waals surface area contributed by atoms with E-state index in [-0.39, 0.29) is 7.69 Å². The highest BCUT2D eigenvalue weighted by Crippen LogP contribution is 2.23. The van der Waals surface area contributed by atoms with Crippen molar-refractivity contribution in [2.45, 2.75) is 0 Å². The van der Waals surface area contributed by atoms with Crippen molar-refractivity contribution in [2.24, 2.45) is 0 Å². The van der Waals surface area contributed by atoms with Crippen molar-refractivity contribution in [1.29, 1.82) is 0 Å². The van der Waals surface area contributed by atoms with Crippen molar-refractivity contribution in [1.82, 2.24) is 0 Å². The standard InChI is InChI=1S/C12H12B2O5/c15-13-19-12-7-5-11(6-8-12)18-10-3-1-9(2-4-10)14(16)17/h1-8,13,15-17H. The fourth-order valence-electron chi connectivity index (χ4n) is 1.52. The Bertz CT molecular complexity index is 513. The first-order valence-electron chi connectivity index (χ1n) is 5.67. The average Bonchev–Trinajstić information content (AvgIpc) is 2.42. The second kappa shape index (κ2) is 6.29.